The second-order valence-corrected chi connectivity index (χ2v) is 15.4. The minimum Gasteiger partial charge on any atom is -0.481 e. The van der Waals surface area contributed by atoms with Crippen LogP contribution in [0.1, 0.15) is 85.6 Å². The first-order chi connectivity index (χ1) is 25.1. The zero-order chi connectivity index (χ0) is 40.7. The molecule has 4 rings (SSSR count). The van der Waals surface area contributed by atoms with Gasteiger partial charge in [-0.15, -0.1) is 0 Å². The zero-order valence-electron chi connectivity index (χ0n) is 31.7. The van der Waals surface area contributed by atoms with Gasteiger partial charge in [-0.2, -0.15) is 0 Å². The number of ketones is 1. The van der Waals surface area contributed by atoms with Crippen LogP contribution in [-0.2, 0) is 57.2 Å². The molecule has 16 nitrogen and oxygen atoms in total. The molecule has 1 aromatic rings. The summed E-state index contributed by atoms with van der Waals surface area (Å²) in [7, 11) is 1.08. The Kier molecular flexibility index (Phi) is 11.9. The fourth-order valence-corrected chi connectivity index (χ4v) is 9.31. The summed E-state index contributed by atoms with van der Waals surface area (Å²) >= 11 is 0. The van der Waals surface area contributed by atoms with Crippen molar-refractivity contribution in [3.05, 3.63) is 36.3 Å². The van der Waals surface area contributed by atoms with Crippen molar-refractivity contribution in [3.8, 4) is 0 Å². The molecular weight excluding hydrogens is 712 g/mol. The second kappa shape index (κ2) is 15.3. The van der Waals surface area contributed by atoms with Gasteiger partial charge in [0.15, 0.2) is 17.5 Å². The molecule has 298 valence electrons. The maximum absolute atomic E-state index is 14.4. The highest BCUT2D eigenvalue weighted by molar-refractivity contribution is 5.97. The Bertz CT molecular complexity index is 1680. The van der Waals surface area contributed by atoms with E-state index in [1.807, 2.05) is 0 Å². The van der Waals surface area contributed by atoms with E-state index in [2.05, 4.69) is 6.58 Å². The SMILES string of the molecule is C=C1C(C2(C)C(OC(C)=O)CC(=O)OC(C)(COC(C)=O)C2CC(=O)OC)C(C(=O)O)C(OC(=O)C(O)C(C)CC)C2(C)C(c3ccoc3)CC(=O)C12O. The number of carbonyl (C=O) groups is 7. The lowest BCUT2D eigenvalue weighted by Crippen LogP contribution is -2.71. The summed E-state index contributed by atoms with van der Waals surface area (Å²) in [5.41, 5.74) is -8.70. The van der Waals surface area contributed by atoms with E-state index in [-0.39, 0.29) is 5.57 Å². The quantitative estimate of drug-likeness (QED) is 0.158. The number of ether oxygens (including phenoxy) is 5. The molecule has 2 heterocycles. The van der Waals surface area contributed by atoms with Gasteiger partial charge < -0.3 is 43.4 Å². The molecule has 1 aliphatic heterocycles. The number of rotatable bonds is 12. The summed E-state index contributed by atoms with van der Waals surface area (Å²) in [5, 5.41) is 35.3. The summed E-state index contributed by atoms with van der Waals surface area (Å²) in [6.45, 7) is 13.0. The minimum absolute atomic E-state index is 0.326. The smallest absolute Gasteiger partial charge is 0.335 e. The first-order valence-corrected chi connectivity index (χ1v) is 17.7. The van der Waals surface area contributed by atoms with Crippen LogP contribution in [0.15, 0.2) is 35.2 Å². The second-order valence-electron chi connectivity index (χ2n) is 15.4. The maximum Gasteiger partial charge on any atom is 0.335 e. The first-order valence-electron chi connectivity index (χ1n) is 17.7. The molecule has 3 aliphatic rings. The summed E-state index contributed by atoms with van der Waals surface area (Å²) in [5.74, 6) is -14.2. The molecule has 12 unspecified atom stereocenters. The van der Waals surface area contributed by atoms with Crippen molar-refractivity contribution in [3.63, 3.8) is 0 Å². The Balaban J connectivity index is 2.14. The Morgan fingerprint density at radius 3 is 2.22 bits per heavy atom. The van der Waals surface area contributed by atoms with Gasteiger partial charge >= 0.3 is 35.8 Å². The average molecular weight is 763 g/mol. The summed E-state index contributed by atoms with van der Waals surface area (Å²) < 4.78 is 33.3. The van der Waals surface area contributed by atoms with Crippen LogP contribution in [-0.4, -0.2) is 100 Å². The van der Waals surface area contributed by atoms with Crippen LogP contribution in [0, 0.1) is 34.5 Å². The number of esters is 5. The maximum atomic E-state index is 14.4. The molecule has 0 bridgehead atoms. The number of aliphatic carboxylic acids is 1. The van der Waals surface area contributed by atoms with Gasteiger partial charge in [0.25, 0.3) is 0 Å². The van der Waals surface area contributed by atoms with Crippen molar-refractivity contribution in [1.82, 2.24) is 0 Å². The predicted octanol–water partition coefficient (Wildman–Crippen LogP) is 2.67. The van der Waals surface area contributed by atoms with Crippen LogP contribution in [0.2, 0.25) is 0 Å². The van der Waals surface area contributed by atoms with Crippen molar-refractivity contribution in [2.45, 2.75) is 110 Å². The standard InChI is InChI=1S/C38H50O16/c1-10-18(2)31(44)34(47)53-32-29(33(45)46)30(19(3)38(48)25(41)13-23(37(32,38)8)22-11-12-50-16-22)36(7)24(14-27(42)49-9)35(6,17-51-20(4)39)54-28(43)15-26(36)52-21(5)40/h11-12,16,18,23-24,26,29-32,44,48H,3,10,13-15,17H2,1-2,4-9H3,(H,45,46). The number of carboxylic acids is 1. The molecule has 0 radical (unpaired) electrons. The molecule has 3 fully saturated rings. The molecule has 2 saturated carbocycles. The Morgan fingerprint density at radius 2 is 1.70 bits per heavy atom. The number of aliphatic hydroxyl groups is 2. The molecule has 12 atom stereocenters. The molecule has 0 amide bonds. The van der Waals surface area contributed by atoms with Crippen LogP contribution in [0.3, 0.4) is 0 Å². The molecule has 54 heavy (non-hydrogen) atoms. The lowest BCUT2D eigenvalue weighted by atomic mass is 9.44. The molecule has 0 spiro atoms. The third kappa shape index (κ3) is 6.82. The van der Waals surface area contributed by atoms with Crippen molar-refractivity contribution in [2.75, 3.05) is 13.7 Å². The topological polar surface area (TPSA) is 239 Å². The van der Waals surface area contributed by atoms with Gasteiger partial charge in [-0.05, 0) is 30.0 Å². The van der Waals surface area contributed by atoms with Gasteiger partial charge in [-0.1, -0.05) is 40.7 Å². The molecule has 16 heteroatoms. The van der Waals surface area contributed by atoms with Gasteiger partial charge in [0.2, 0.25) is 0 Å². The van der Waals surface area contributed by atoms with Crippen molar-refractivity contribution in [1.29, 1.82) is 0 Å². The van der Waals surface area contributed by atoms with Crippen LogP contribution in [0.4, 0.5) is 0 Å². The number of methoxy groups -OCH3 is 1. The number of cyclic esters (lactones) is 1. The van der Waals surface area contributed by atoms with E-state index in [1.165, 1.54) is 39.4 Å². The van der Waals surface area contributed by atoms with Gasteiger partial charge in [0, 0.05) is 43.4 Å². The molecule has 1 saturated heterocycles. The largest absolute Gasteiger partial charge is 0.481 e. The van der Waals surface area contributed by atoms with Crippen molar-refractivity contribution < 1.29 is 77.0 Å². The highest BCUT2D eigenvalue weighted by Gasteiger charge is 2.78. The molecule has 1 aromatic heterocycles. The lowest BCUT2D eigenvalue weighted by molar-refractivity contribution is -0.226. The van der Waals surface area contributed by atoms with Crippen molar-refractivity contribution in [2.24, 2.45) is 34.5 Å². The molecule has 2 aliphatic carbocycles. The summed E-state index contributed by atoms with van der Waals surface area (Å²) in [4.78, 5) is 93.9. The van der Waals surface area contributed by atoms with Gasteiger partial charge in [0.1, 0.15) is 30.3 Å². The van der Waals surface area contributed by atoms with Gasteiger partial charge in [0.05, 0.1) is 37.9 Å². The molecule has 3 N–H and O–H groups in total. The van der Waals surface area contributed by atoms with Crippen LogP contribution < -0.4 is 0 Å². The van der Waals surface area contributed by atoms with E-state index in [0.29, 0.717) is 12.0 Å². The Hall–Kier alpha value is -4.57. The number of hydrogen-bond acceptors (Lipinski definition) is 15. The lowest BCUT2D eigenvalue weighted by Gasteiger charge is -2.61. The monoisotopic (exact) mass is 762 g/mol. The van der Waals surface area contributed by atoms with E-state index >= 15 is 0 Å². The number of carboxylic acid groups (broad SMARTS) is 1. The zero-order valence-corrected chi connectivity index (χ0v) is 31.7. The van der Waals surface area contributed by atoms with Gasteiger partial charge in [-0.25, -0.2) is 4.79 Å². The average Bonchev–Trinajstić information content (AvgIpc) is 3.69. The number of carbonyl (C=O) groups excluding carboxylic acids is 6. The third-order valence-electron chi connectivity index (χ3n) is 12.3. The number of aliphatic hydroxyl groups excluding tert-OH is 1. The first kappa shape index (κ1) is 42.2. The number of hydrogen-bond donors (Lipinski definition) is 3. The molecule has 0 aromatic carbocycles. The van der Waals surface area contributed by atoms with Crippen molar-refractivity contribution >= 4 is 41.6 Å². The fourth-order valence-electron chi connectivity index (χ4n) is 9.31. The number of Topliss-reactive ketones (excluding diaryl/α,β-unsaturated/α-hetero) is 1. The summed E-state index contributed by atoms with van der Waals surface area (Å²) in [6.07, 6.45) is -4.15. The fraction of sp³-hybridized carbons (Fsp3) is 0.658. The van der Waals surface area contributed by atoms with E-state index in [1.54, 1.807) is 13.8 Å². The highest BCUT2D eigenvalue weighted by Crippen LogP contribution is 2.69. The highest BCUT2D eigenvalue weighted by atomic mass is 16.6. The third-order valence-corrected chi connectivity index (χ3v) is 12.3. The minimum atomic E-state index is -2.68. The van der Waals surface area contributed by atoms with Crippen LogP contribution in [0.5, 0.6) is 0 Å². The Labute approximate surface area is 312 Å². The van der Waals surface area contributed by atoms with E-state index in [0.717, 1.165) is 21.0 Å². The Morgan fingerprint density at radius 1 is 1.06 bits per heavy atom. The predicted molar refractivity (Wildman–Crippen MR) is 183 cm³/mol. The summed E-state index contributed by atoms with van der Waals surface area (Å²) in [6, 6.07) is 1.52. The van der Waals surface area contributed by atoms with E-state index in [9.17, 15) is 48.9 Å². The number of furan rings is 1. The van der Waals surface area contributed by atoms with Gasteiger partial charge in [-0.3, -0.25) is 28.8 Å². The van der Waals surface area contributed by atoms with E-state index in [4.69, 9.17) is 28.1 Å². The number of fused-ring (bicyclic) bond motifs is 1. The normalized spacial score (nSPS) is 36.1. The van der Waals surface area contributed by atoms with Crippen LogP contribution >= 0.6 is 0 Å². The van der Waals surface area contributed by atoms with E-state index < -0.39 is 137 Å². The van der Waals surface area contributed by atoms with Crippen LogP contribution in [0.25, 0.3) is 0 Å². The molecular formula is C38H50O16.